The van der Waals surface area contributed by atoms with E-state index in [9.17, 15) is 18.0 Å². The Bertz CT molecular complexity index is 1430. The lowest BCUT2D eigenvalue weighted by Gasteiger charge is -2.16. The molecule has 0 bridgehead atoms. The number of benzene rings is 3. The van der Waals surface area contributed by atoms with Crippen LogP contribution < -0.4 is 14.9 Å². The van der Waals surface area contributed by atoms with Crippen molar-refractivity contribution in [1.29, 1.82) is 0 Å². The van der Waals surface area contributed by atoms with Gasteiger partial charge >= 0.3 is 6.36 Å². The van der Waals surface area contributed by atoms with Gasteiger partial charge in [0.1, 0.15) is 17.2 Å². The Morgan fingerprint density at radius 2 is 1.21 bits per heavy atom. The Labute approximate surface area is 195 Å². The summed E-state index contributed by atoms with van der Waals surface area (Å²) in [5, 5.41) is 0.697. The van der Waals surface area contributed by atoms with Gasteiger partial charge in [-0.3, -0.25) is 4.79 Å². The number of hydrogen-bond acceptors (Lipinski definition) is 3. The van der Waals surface area contributed by atoms with Gasteiger partial charge in [-0.25, -0.2) is 0 Å². The quantitative estimate of drug-likeness (QED) is 0.340. The Hall–Kier alpha value is -3.74. The molecule has 3 aromatic carbocycles. The summed E-state index contributed by atoms with van der Waals surface area (Å²) in [4.78, 5) is 17.0. The molecule has 4 nitrogen and oxygen atoms in total. The third kappa shape index (κ3) is 4.38. The topological polar surface area (TPSA) is 51.3 Å². The van der Waals surface area contributed by atoms with Crippen LogP contribution in [0.15, 0.2) is 53.3 Å². The minimum atomic E-state index is -4.74. The van der Waals surface area contributed by atoms with Gasteiger partial charge in [0.15, 0.2) is 5.43 Å². The van der Waals surface area contributed by atoms with Crippen molar-refractivity contribution in [3.05, 3.63) is 86.7 Å². The van der Waals surface area contributed by atoms with Crippen molar-refractivity contribution in [3.63, 3.8) is 0 Å². The van der Waals surface area contributed by atoms with Gasteiger partial charge in [0.05, 0.1) is 5.52 Å². The average molecular weight is 467 g/mol. The maximum absolute atomic E-state index is 13.6. The molecular formula is C27H24F3NO3. The van der Waals surface area contributed by atoms with E-state index in [1.807, 2.05) is 27.7 Å². The first-order valence-corrected chi connectivity index (χ1v) is 10.7. The molecule has 0 aliphatic rings. The minimum Gasteiger partial charge on any atom is -0.457 e. The highest BCUT2D eigenvalue weighted by Gasteiger charge is 2.31. The SMILES string of the molecule is Cc1[nH]c2c(C)c(C)c(C)c(C)c2c(=O)c1-c1ccc(Oc2ccc(OC(F)(F)F)cc2)cc1. The van der Waals surface area contributed by atoms with Crippen LogP contribution in [0.4, 0.5) is 13.2 Å². The molecule has 0 amide bonds. The fourth-order valence-corrected chi connectivity index (χ4v) is 4.18. The molecule has 0 spiro atoms. The summed E-state index contributed by atoms with van der Waals surface area (Å²) in [6.45, 7) is 9.97. The van der Waals surface area contributed by atoms with Gasteiger partial charge in [-0.15, -0.1) is 13.2 Å². The second-order valence-electron chi connectivity index (χ2n) is 8.35. The van der Waals surface area contributed by atoms with Crippen LogP contribution in [0.2, 0.25) is 0 Å². The van der Waals surface area contributed by atoms with Crippen molar-refractivity contribution in [3.8, 4) is 28.4 Å². The first kappa shape index (κ1) is 23.4. The first-order valence-electron chi connectivity index (χ1n) is 10.7. The third-order valence-electron chi connectivity index (χ3n) is 6.27. The van der Waals surface area contributed by atoms with Crippen LogP contribution in [0, 0.1) is 34.6 Å². The molecular weight excluding hydrogens is 443 g/mol. The second kappa shape index (κ2) is 8.56. The van der Waals surface area contributed by atoms with E-state index >= 15 is 0 Å². The molecule has 0 radical (unpaired) electrons. The fourth-order valence-electron chi connectivity index (χ4n) is 4.18. The van der Waals surface area contributed by atoms with Crippen molar-refractivity contribution in [1.82, 2.24) is 4.98 Å². The van der Waals surface area contributed by atoms with Crippen molar-refractivity contribution in [2.24, 2.45) is 0 Å². The monoisotopic (exact) mass is 467 g/mol. The number of fused-ring (bicyclic) bond motifs is 1. The predicted molar refractivity (Wildman–Crippen MR) is 127 cm³/mol. The maximum Gasteiger partial charge on any atom is 0.573 e. The number of hydrogen-bond donors (Lipinski definition) is 1. The predicted octanol–water partition coefficient (Wildman–Crippen LogP) is 7.43. The van der Waals surface area contributed by atoms with Crippen LogP contribution >= 0.6 is 0 Å². The molecule has 1 N–H and O–H groups in total. The molecule has 0 saturated carbocycles. The van der Waals surface area contributed by atoms with Gasteiger partial charge < -0.3 is 14.5 Å². The van der Waals surface area contributed by atoms with Crippen LogP contribution in [-0.4, -0.2) is 11.3 Å². The number of rotatable bonds is 4. The van der Waals surface area contributed by atoms with Crippen LogP contribution in [0.25, 0.3) is 22.0 Å². The van der Waals surface area contributed by atoms with Crippen LogP contribution in [0.3, 0.4) is 0 Å². The molecule has 7 heteroatoms. The van der Waals surface area contributed by atoms with E-state index in [0.717, 1.165) is 33.5 Å². The number of nitrogens with one attached hydrogen (secondary N) is 1. The van der Waals surface area contributed by atoms with Crippen LogP contribution in [0.1, 0.15) is 27.9 Å². The zero-order valence-corrected chi connectivity index (χ0v) is 19.5. The lowest BCUT2D eigenvalue weighted by Crippen LogP contribution is -2.16. The highest BCUT2D eigenvalue weighted by molar-refractivity contribution is 5.91. The fraction of sp³-hybridized carbons (Fsp3) is 0.222. The van der Waals surface area contributed by atoms with Crippen molar-refractivity contribution < 1.29 is 22.6 Å². The summed E-state index contributed by atoms with van der Waals surface area (Å²) >= 11 is 0. The summed E-state index contributed by atoms with van der Waals surface area (Å²) in [7, 11) is 0. The highest BCUT2D eigenvalue weighted by Crippen LogP contribution is 2.31. The molecule has 1 aromatic heterocycles. The van der Waals surface area contributed by atoms with E-state index in [1.165, 1.54) is 29.8 Å². The van der Waals surface area contributed by atoms with E-state index < -0.39 is 6.36 Å². The normalized spacial score (nSPS) is 11.6. The molecule has 176 valence electrons. The van der Waals surface area contributed by atoms with E-state index in [-0.39, 0.29) is 11.2 Å². The van der Waals surface area contributed by atoms with Gasteiger partial charge in [0.25, 0.3) is 0 Å². The van der Waals surface area contributed by atoms with E-state index in [1.54, 1.807) is 24.3 Å². The number of pyridine rings is 1. The van der Waals surface area contributed by atoms with Crippen molar-refractivity contribution in [2.45, 2.75) is 41.0 Å². The molecule has 4 rings (SSSR count). The lowest BCUT2D eigenvalue weighted by atomic mass is 9.91. The zero-order chi connectivity index (χ0) is 24.8. The summed E-state index contributed by atoms with van der Waals surface area (Å²) in [6.07, 6.45) is -4.74. The summed E-state index contributed by atoms with van der Waals surface area (Å²) < 4.78 is 46.5. The van der Waals surface area contributed by atoms with Gasteiger partial charge in [0.2, 0.25) is 0 Å². The van der Waals surface area contributed by atoms with Gasteiger partial charge in [-0.1, -0.05) is 12.1 Å². The molecule has 0 fully saturated rings. The molecule has 1 heterocycles. The zero-order valence-electron chi connectivity index (χ0n) is 19.5. The molecule has 4 aromatic rings. The van der Waals surface area contributed by atoms with Gasteiger partial charge in [-0.05, 0) is 98.8 Å². The number of aromatic amines is 1. The van der Waals surface area contributed by atoms with Crippen molar-refractivity contribution in [2.75, 3.05) is 0 Å². The van der Waals surface area contributed by atoms with E-state index in [0.29, 0.717) is 22.4 Å². The van der Waals surface area contributed by atoms with Crippen molar-refractivity contribution >= 4 is 10.9 Å². The van der Waals surface area contributed by atoms with Gasteiger partial charge in [-0.2, -0.15) is 0 Å². The number of H-pyrrole nitrogens is 1. The number of alkyl halides is 3. The van der Waals surface area contributed by atoms with Crippen LogP contribution in [0.5, 0.6) is 17.2 Å². The average Bonchev–Trinajstić information content (AvgIpc) is 2.77. The number of aromatic nitrogens is 1. The standard InChI is InChI=1S/C27H24F3NO3/c1-14-15(2)17(4)25-23(16(14)3)26(32)24(18(5)31-25)19-6-8-20(9-7-19)33-21-10-12-22(13-11-21)34-27(28,29)30/h6-13H,1-5H3,(H,31,32). The Balaban J connectivity index is 1.66. The highest BCUT2D eigenvalue weighted by atomic mass is 19.4. The number of ether oxygens (including phenoxy) is 2. The number of aryl methyl sites for hydroxylation is 3. The third-order valence-corrected chi connectivity index (χ3v) is 6.27. The van der Waals surface area contributed by atoms with E-state index in [4.69, 9.17) is 4.74 Å². The largest absolute Gasteiger partial charge is 0.573 e. The Kier molecular flexibility index (Phi) is 5.89. The second-order valence-corrected chi connectivity index (χ2v) is 8.35. The Morgan fingerprint density at radius 3 is 1.76 bits per heavy atom. The maximum atomic E-state index is 13.6. The molecule has 0 unspecified atom stereocenters. The molecule has 34 heavy (non-hydrogen) atoms. The van der Waals surface area contributed by atoms with E-state index in [2.05, 4.69) is 16.6 Å². The number of halogens is 3. The molecule has 0 atom stereocenters. The minimum absolute atomic E-state index is 0.0242. The summed E-state index contributed by atoms with van der Waals surface area (Å²) in [5.74, 6) is 0.526. The lowest BCUT2D eigenvalue weighted by molar-refractivity contribution is -0.274. The molecule has 0 aliphatic carbocycles. The smallest absolute Gasteiger partial charge is 0.457 e. The Morgan fingerprint density at radius 1 is 0.706 bits per heavy atom. The molecule has 0 aliphatic heterocycles. The van der Waals surface area contributed by atoms with Crippen LogP contribution in [-0.2, 0) is 0 Å². The first-order chi connectivity index (χ1) is 16.0. The molecule has 0 saturated heterocycles. The summed E-state index contributed by atoms with van der Waals surface area (Å²) in [5.41, 5.74) is 7.29. The van der Waals surface area contributed by atoms with Gasteiger partial charge in [0, 0.05) is 16.6 Å². The summed E-state index contributed by atoms with van der Waals surface area (Å²) in [6, 6.07) is 12.2.